The first-order valence-corrected chi connectivity index (χ1v) is 7.40. The van der Waals surface area contributed by atoms with Gasteiger partial charge in [-0.25, -0.2) is 0 Å². The topological polar surface area (TPSA) is 84.9 Å². The molecule has 3 amide bonds. The van der Waals surface area contributed by atoms with E-state index in [1.807, 2.05) is 0 Å². The summed E-state index contributed by atoms with van der Waals surface area (Å²) in [5.41, 5.74) is 0.598. The van der Waals surface area contributed by atoms with Crippen molar-refractivity contribution in [2.24, 2.45) is 0 Å². The Morgan fingerprint density at radius 2 is 1.78 bits per heavy atom. The van der Waals surface area contributed by atoms with E-state index in [1.54, 1.807) is 18.2 Å². The number of carbonyl (C=O) groups is 3. The fourth-order valence-corrected chi connectivity index (χ4v) is 2.41. The highest BCUT2D eigenvalue weighted by Crippen LogP contribution is 2.29. The lowest BCUT2D eigenvalue weighted by molar-refractivity contribution is -0.138. The first-order chi connectivity index (χ1) is 11.0. The first kappa shape index (κ1) is 16.8. The average Bonchev–Trinajstić information content (AvgIpc) is 2.86. The molecule has 1 aromatic rings. The summed E-state index contributed by atoms with van der Waals surface area (Å²) in [7, 11) is 3.06. The van der Waals surface area contributed by atoms with Crippen molar-refractivity contribution in [3.8, 4) is 11.5 Å². The standard InChI is InChI=1S/C16H20N2O5/c1-22-12-6-5-11(10-13(12)23-2)17-14(19)4-3-9-18-15(20)7-8-16(18)21/h5-6,10H,3-4,7-9H2,1-2H3,(H,17,19). The maximum Gasteiger partial charge on any atom is 0.229 e. The highest BCUT2D eigenvalue weighted by atomic mass is 16.5. The summed E-state index contributed by atoms with van der Waals surface area (Å²) in [6.45, 7) is 0.289. The van der Waals surface area contributed by atoms with E-state index in [9.17, 15) is 14.4 Å². The van der Waals surface area contributed by atoms with Gasteiger partial charge in [0, 0.05) is 37.6 Å². The second-order valence-electron chi connectivity index (χ2n) is 5.16. The van der Waals surface area contributed by atoms with Gasteiger partial charge >= 0.3 is 0 Å². The van der Waals surface area contributed by atoms with E-state index in [0.29, 0.717) is 23.6 Å². The normalized spacial score (nSPS) is 14.1. The van der Waals surface area contributed by atoms with E-state index < -0.39 is 0 Å². The quantitative estimate of drug-likeness (QED) is 0.771. The van der Waals surface area contributed by atoms with Crippen LogP contribution in [-0.2, 0) is 14.4 Å². The summed E-state index contributed by atoms with van der Waals surface area (Å²) in [5.74, 6) is 0.608. The third-order valence-electron chi connectivity index (χ3n) is 3.61. The van der Waals surface area contributed by atoms with Crippen LogP contribution < -0.4 is 14.8 Å². The molecule has 0 aromatic heterocycles. The van der Waals surface area contributed by atoms with Gasteiger partial charge in [0.2, 0.25) is 17.7 Å². The molecule has 1 fully saturated rings. The number of nitrogens with zero attached hydrogens (tertiary/aromatic N) is 1. The van der Waals surface area contributed by atoms with Crippen LogP contribution in [0.4, 0.5) is 5.69 Å². The Balaban J connectivity index is 1.83. The Morgan fingerprint density at radius 1 is 1.13 bits per heavy atom. The third-order valence-corrected chi connectivity index (χ3v) is 3.61. The average molecular weight is 320 g/mol. The third kappa shape index (κ3) is 4.21. The zero-order chi connectivity index (χ0) is 16.8. The van der Waals surface area contributed by atoms with Gasteiger partial charge in [0.25, 0.3) is 0 Å². The van der Waals surface area contributed by atoms with E-state index in [0.717, 1.165) is 0 Å². The van der Waals surface area contributed by atoms with Crippen molar-refractivity contribution in [2.75, 3.05) is 26.1 Å². The minimum atomic E-state index is -0.184. The minimum Gasteiger partial charge on any atom is -0.493 e. The Labute approximate surface area is 134 Å². The molecule has 1 saturated heterocycles. The van der Waals surface area contributed by atoms with Crippen LogP contribution in [0.25, 0.3) is 0 Å². The van der Waals surface area contributed by atoms with Gasteiger partial charge in [-0.15, -0.1) is 0 Å². The molecule has 1 heterocycles. The lowest BCUT2D eigenvalue weighted by Gasteiger charge is -2.13. The number of rotatable bonds is 7. The van der Waals surface area contributed by atoms with E-state index in [1.165, 1.54) is 19.1 Å². The predicted octanol–water partition coefficient (Wildman–Crippen LogP) is 1.57. The molecule has 2 rings (SSSR count). The van der Waals surface area contributed by atoms with Crippen molar-refractivity contribution in [2.45, 2.75) is 25.7 Å². The number of anilines is 1. The summed E-state index contributed by atoms with van der Waals surface area (Å²) >= 11 is 0. The zero-order valence-corrected chi connectivity index (χ0v) is 13.3. The fourth-order valence-electron chi connectivity index (χ4n) is 2.41. The van der Waals surface area contributed by atoms with Crippen LogP contribution in [0.2, 0.25) is 0 Å². The van der Waals surface area contributed by atoms with E-state index in [2.05, 4.69) is 5.32 Å². The van der Waals surface area contributed by atoms with Crippen LogP contribution in [0, 0.1) is 0 Å². The molecule has 0 radical (unpaired) electrons. The molecule has 1 aromatic carbocycles. The van der Waals surface area contributed by atoms with Crippen molar-refractivity contribution in [3.63, 3.8) is 0 Å². The first-order valence-electron chi connectivity index (χ1n) is 7.40. The Bertz CT molecular complexity index is 598. The number of carbonyl (C=O) groups excluding carboxylic acids is 3. The summed E-state index contributed by atoms with van der Waals surface area (Å²) in [5, 5.41) is 2.75. The smallest absolute Gasteiger partial charge is 0.229 e. The number of benzene rings is 1. The lowest BCUT2D eigenvalue weighted by Crippen LogP contribution is -2.30. The fraction of sp³-hybridized carbons (Fsp3) is 0.438. The van der Waals surface area contributed by atoms with Crippen LogP contribution in [0.15, 0.2) is 18.2 Å². The summed E-state index contributed by atoms with van der Waals surface area (Å²) in [6.07, 6.45) is 1.22. The molecule has 0 bridgehead atoms. The molecular weight excluding hydrogens is 300 g/mol. The molecule has 124 valence electrons. The van der Waals surface area contributed by atoms with Crippen molar-refractivity contribution >= 4 is 23.4 Å². The molecular formula is C16H20N2O5. The molecule has 7 heteroatoms. The van der Waals surface area contributed by atoms with Gasteiger partial charge in [0.15, 0.2) is 11.5 Å². The Hall–Kier alpha value is -2.57. The van der Waals surface area contributed by atoms with Gasteiger partial charge < -0.3 is 14.8 Å². The van der Waals surface area contributed by atoms with Crippen molar-refractivity contribution < 1.29 is 23.9 Å². The maximum absolute atomic E-state index is 11.9. The number of nitrogens with one attached hydrogen (secondary N) is 1. The number of imide groups is 1. The van der Waals surface area contributed by atoms with Crippen molar-refractivity contribution in [1.82, 2.24) is 4.90 Å². The monoisotopic (exact) mass is 320 g/mol. The van der Waals surface area contributed by atoms with E-state index >= 15 is 0 Å². The van der Waals surface area contributed by atoms with Crippen LogP contribution >= 0.6 is 0 Å². The predicted molar refractivity (Wildman–Crippen MR) is 83.4 cm³/mol. The number of amides is 3. The maximum atomic E-state index is 11.9. The number of hydrogen-bond acceptors (Lipinski definition) is 5. The van der Waals surface area contributed by atoms with Crippen LogP contribution in [0.3, 0.4) is 0 Å². The summed E-state index contributed by atoms with van der Waals surface area (Å²) in [4.78, 5) is 36.1. The van der Waals surface area contributed by atoms with Crippen molar-refractivity contribution in [3.05, 3.63) is 18.2 Å². The van der Waals surface area contributed by atoms with Gasteiger partial charge in [-0.3, -0.25) is 19.3 Å². The summed E-state index contributed by atoms with van der Waals surface area (Å²) in [6, 6.07) is 5.09. The molecule has 0 spiro atoms. The molecule has 1 aliphatic heterocycles. The largest absolute Gasteiger partial charge is 0.493 e. The van der Waals surface area contributed by atoms with E-state index in [4.69, 9.17) is 9.47 Å². The molecule has 0 atom stereocenters. The Morgan fingerprint density at radius 3 is 2.39 bits per heavy atom. The summed E-state index contributed by atoms with van der Waals surface area (Å²) < 4.78 is 10.3. The van der Waals surface area contributed by atoms with Crippen molar-refractivity contribution in [1.29, 1.82) is 0 Å². The van der Waals surface area contributed by atoms with Gasteiger partial charge in [-0.1, -0.05) is 0 Å². The molecule has 0 unspecified atom stereocenters. The number of hydrogen-bond donors (Lipinski definition) is 1. The minimum absolute atomic E-state index is 0.157. The number of methoxy groups -OCH3 is 2. The van der Waals surface area contributed by atoms with Crippen LogP contribution in [0.1, 0.15) is 25.7 Å². The van der Waals surface area contributed by atoms with Crippen LogP contribution in [0.5, 0.6) is 11.5 Å². The van der Waals surface area contributed by atoms with Gasteiger partial charge in [0.05, 0.1) is 14.2 Å². The second-order valence-corrected chi connectivity index (χ2v) is 5.16. The molecule has 7 nitrogen and oxygen atoms in total. The highest BCUT2D eigenvalue weighted by Gasteiger charge is 2.28. The van der Waals surface area contributed by atoms with Gasteiger partial charge in [0.1, 0.15) is 0 Å². The molecule has 1 aliphatic rings. The molecule has 23 heavy (non-hydrogen) atoms. The molecule has 0 aliphatic carbocycles. The second kappa shape index (κ2) is 7.62. The van der Waals surface area contributed by atoms with Gasteiger partial charge in [-0.05, 0) is 18.6 Å². The van der Waals surface area contributed by atoms with E-state index in [-0.39, 0.29) is 43.5 Å². The zero-order valence-electron chi connectivity index (χ0n) is 13.3. The highest BCUT2D eigenvalue weighted by molar-refractivity contribution is 6.02. The molecule has 1 N–H and O–H groups in total. The van der Waals surface area contributed by atoms with Crippen LogP contribution in [-0.4, -0.2) is 43.4 Å². The number of likely N-dealkylation sites (tertiary alicyclic amines) is 1. The SMILES string of the molecule is COc1ccc(NC(=O)CCCN2C(=O)CCC2=O)cc1OC. The molecule has 0 saturated carbocycles. The lowest BCUT2D eigenvalue weighted by atomic mass is 10.2. The van der Waals surface area contributed by atoms with Gasteiger partial charge in [-0.2, -0.15) is 0 Å². The number of ether oxygens (including phenoxy) is 2. The Kier molecular flexibility index (Phi) is 5.56.